The Morgan fingerprint density at radius 3 is 2.62 bits per heavy atom. The van der Waals surface area contributed by atoms with Crippen LogP contribution < -0.4 is 0 Å². The van der Waals surface area contributed by atoms with E-state index in [1.165, 1.54) is 11.1 Å². The van der Waals surface area contributed by atoms with E-state index in [1.807, 2.05) is 36.1 Å². The second-order valence-corrected chi connectivity index (χ2v) is 8.18. The molecule has 2 aromatic carbocycles. The highest BCUT2D eigenvalue weighted by Gasteiger charge is 2.27. The molecule has 5 nitrogen and oxygen atoms in total. The maximum Gasteiger partial charge on any atom is 0.245 e. The number of nitrogens with zero attached hydrogens (tertiary/aromatic N) is 3. The number of halogens is 1. The average Bonchev–Trinajstić information content (AvgIpc) is 3.04. The van der Waals surface area contributed by atoms with Crippen LogP contribution in [-0.2, 0) is 16.0 Å². The maximum absolute atomic E-state index is 13.3. The van der Waals surface area contributed by atoms with Crippen molar-refractivity contribution in [1.82, 2.24) is 14.5 Å². The van der Waals surface area contributed by atoms with E-state index in [4.69, 9.17) is 21.3 Å². The van der Waals surface area contributed by atoms with Gasteiger partial charge in [0.1, 0.15) is 11.9 Å². The Hall–Kier alpha value is -2.37. The minimum absolute atomic E-state index is 0.109. The van der Waals surface area contributed by atoms with Crippen molar-refractivity contribution in [3.63, 3.8) is 0 Å². The van der Waals surface area contributed by atoms with E-state index in [-0.39, 0.29) is 11.9 Å². The van der Waals surface area contributed by atoms with E-state index in [1.54, 1.807) is 0 Å². The number of carbonyl (C=O) groups is 1. The van der Waals surface area contributed by atoms with Gasteiger partial charge in [0.2, 0.25) is 5.91 Å². The molecule has 0 aliphatic carbocycles. The molecule has 0 spiro atoms. The van der Waals surface area contributed by atoms with Crippen LogP contribution in [0.2, 0.25) is 5.02 Å². The number of benzene rings is 2. The molecule has 1 aliphatic heterocycles. The smallest absolute Gasteiger partial charge is 0.245 e. The molecule has 1 aliphatic rings. The van der Waals surface area contributed by atoms with Gasteiger partial charge in [-0.25, -0.2) is 4.98 Å². The van der Waals surface area contributed by atoms with Crippen LogP contribution >= 0.6 is 11.6 Å². The zero-order chi connectivity index (χ0) is 20.5. The summed E-state index contributed by atoms with van der Waals surface area (Å²) < 4.78 is 7.51. The first-order chi connectivity index (χ1) is 13.9. The predicted molar refractivity (Wildman–Crippen MR) is 116 cm³/mol. The van der Waals surface area contributed by atoms with E-state index < -0.39 is 0 Å². The van der Waals surface area contributed by atoms with Crippen molar-refractivity contribution in [3.8, 4) is 0 Å². The van der Waals surface area contributed by atoms with Crippen molar-refractivity contribution in [1.29, 1.82) is 0 Å². The molecule has 1 fully saturated rings. The molecule has 1 unspecified atom stereocenters. The molecule has 6 heteroatoms. The Morgan fingerprint density at radius 1 is 1.17 bits per heavy atom. The average molecular weight is 412 g/mol. The first-order valence-electron chi connectivity index (χ1n) is 10.0. The van der Waals surface area contributed by atoms with Crippen LogP contribution in [0.1, 0.15) is 35.5 Å². The number of morpholine rings is 1. The fourth-order valence-electron chi connectivity index (χ4n) is 3.94. The second-order valence-electron chi connectivity index (χ2n) is 7.74. The predicted octanol–water partition coefficient (Wildman–Crippen LogP) is 4.32. The highest BCUT2D eigenvalue weighted by Crippen LogP contribution is 2.27. The Kier molecular flexibility index (Phi) is 5.61. The second kappa shape index (κ2) is 8.17. The minimum Gasteiger partial charge on any atom is -0.378 e. The largest absolute Gasteiger partial charge is 0.378 e. The van der Waals surface area contributed by atoms with Crippen molar-refractivity contribution >= 4 is 28.5 Å². The first kappa shape index (κ1) is 19.9. The third kappa shape index (κ3) is 4.02. The number of carbonyl (C=O) groups excluding carboxylic acids is 1. The molecule has 0 radical (unpaired) electrons. The summed E-state index contributed by atoms with van der Waals surface area (Å²) in [5.74, 6) is 0.986. The van der Waals surface area contributed by atoms with E-state index >= 15 is 0 Å². The van der Waals surface area contributed by atoms with Crippen molar-refractivity contribution in [2.75, 3.05) is 26.3 Å². The SMILES string of the molecule is Cc1cc2nc(Cc3cccc(Cl)c3)n(C(C)C(=O)N3CCOCC3)c2cc1C. The molecular formula is C23H26ClN3O2. The van der Waals surface area contributed by atoms with Gasteiger partial charge in [-0.15, -0.1) is 0 Å². The summed E-state index contributed by atoms with van der Waals surface area (Å²) in [5, 5.41) is 0.703. The van der Waals surface area contributed by atoms with E-state index in [9.17, 15) is 4.79 Å². The molecule has 0 N–H and O–H groups in total. The fraction of sp³-hybridized carbons (Fsp3) is 0.391. The number of aromatic nitrogens is 2. The number of rotatable bonds is 4. The van der Waals surface area contributed by atoms with Gasteiger partial charge in [0.05, 0.1) is 24.2 Å². The highest BCUT2D eigenvalue weighted by atomic mass is 35.5. The monoisotopic (exact) mass is 411 g/mol. The number of hydrogen-bond donors (Lipinski definition) is 0. The van der Waals surface area contributed by atoms with E-state index in [0.29, 0.717) is 37.7 Å². The zero-order valence-corrected chi connectivity index (χ0v) is 17.9. The Bertz CT molecular complexity index is 1050. The molecule has 1 atom stereocenters. The van der Waals surface area contributed by atoms with Gasteiger partial charge in [0.15, 0.2) is 0 Å². The Balaban J connectivity index is 1.78. The van der Waals surface area contributed by atoms with Crippen LogP contribution in [0.3, 0.4) is 0 Å². The van der Waals surface area contributed by atoms with Gasteiger partial charge in [-0.3, -0.25) is 4.79 Å². The summed E-state index contributed by atoms with van der Waals surface area (Å²) in [7, 11) is 0. The molecule has 1 amide bonds. The van der Waals surface area contributed by atoms with Gasteiger partial charge in [-0.1, -0.05) is 23.7 Å². The summed E-state index contributed by atoms with van der Waals surface area (Å²) in [6.07, 6.45) is 0.619. The summed E-state index contributed by atoms with van der Waals surface area (Å²) in [4.78, 5) is 20.1. The van der Waals surface area contributed by atoms with Crippen molar-refractivity contribution in [3.05, 3.63) is 63.9 Å². The summed E-state index contributed by atoms with van der Waals surface area (Å²) in [6, 6.07) is 11.7. The number of amides is 1. The number of ether oxygens (including phenoxy) is 1. The molecule has 0 saturated carbocycles. The standard InChI is InChI=1S/C23H26ClN3O2/c1-15-11-20-21(12-16(15)2)27(17(3)23(28)26-7-9-29-10-8-26)22(25-20)14-18-5-4-6-19(24)13-18/h4-6,11-13,17H,7-10,14H2,1-3H3. The normalized spacial score (nSPS) is 15.7. The number of fused-ring (bicyclic) bond motifs is 1. The summed E-state index contributed by atoms with van der Waals surface area (Å²) >= 11 is 6.19. The molecule has 3 aromatic rings. The molecule has 4 rings (SSSR count). The van der Waals surface area contributed by atoms with Gasteiger partial charge in [0, 0.05) is 24.5 Å². The van der Waals surface area contributed by atoms with Crippen molar-refractivity contribution in [2.45, 2.75) is 33.2 Å². The molecule has 152 valence electrons. The summed E-state index contributed by atoms with van der Waals surface area (Å²) in [6.45, 7) is 8.61. The summed E-state index contributed by atoms with van der Waals surface area (Å²) in [5.41, 5.74) is 5.39. The van der Waals surface area contributed by atoms with Gasteiger partial charge < -0.3 is 14.2 Å². The zero-order valence-electron chi connectivity index (χ0n) is 17.1. The lowest BCUT2D eigenvalue weighted by Crippen LogP contribution is -2.43. The highest BCUT2D eigenvalue weighted by molar-refractivity contribution is 6.30. The minimum atomic E-state index is -0.339. The molecule has 29 heavy (non-hydrogen) atoms. The quantitative estimate of drug-likeness (QED) is 0.642. The molecule has 1 saturated heterocycles. The number of aryl methyl sites for hydroxylation is 2. The Labute approximate surface area is 176 Å². The van der Waals surface area contributed by atoms with Gasteiger partial charge in [-0.2, -0.15) is 0 Å². The van der Waals surface area contributed by atoms with Crippen LogP contribution in [0.15, 0.2) is 36.4 Å². The van der Waals surface area contributed by atoms with Gasteiger partial charge >= 0.3 is 0 Å². The maximum atomic E-state index is 13.3. The number of imidazole rings is 1. The van der Waals surface area contributed by atoms with Crippen LogP contribution in [0.5, 0.6) is 0 Å². The van der Waals surface area contributed by atoms with E-state index in [0.717, 1.165) is 22.4 Å². The molecule has 0 bridgehead atoms. The third-order valence-corrected chi connectivity index (χ3v) is 5.93. The number of hydrogen-bond acceptors (Lipinski definition) is 3. The first-order valence-corrected chi connectivity index (χ1v) is 10.4. The lowest BCUT2D eigenvalue weighted by molar-refractivity contribution is -0.138. The van der Waals surface area contributed by atoms with Crippen LogP contribution in [-0.4, -0.2) is 46.7 Å². The topological polar surface area (TPSA) is 47.4 Å². The molecule has 2 heterocycles. The van der Waals surface area contributed by atoms with Crippen molar-refractivity contribution in [2.24, 2.45) is 0 Å². The van der Waals surface area contributed by atoms with E-state index in [2.05, 4.69) is 30.5 Å². The van der Waals surface area contributed by atoms with Crippen molar-refractivity contribution < 1.29 is 9.53 Å². The van der Waals surface area contributed by atoms with Gasteiger partial charge in [-0.05, 0) is 61.7 Å². The lowest BCUT2D eigenvalue weighted by Gasteiger charge is -2.30. The third-order valence-electron chi connectivity index (χ3n) is 5.70. The van der Waals surface area contributed by atoms with Crippen LogP contribution in [0.4, 0.5) is 0 Å². The van der Waals surface area contributed by atoms with Gasteiger partial charge in [0.25, 0.3) is 0 Å². The molecular weight excluding hydrogens is 386 g/mol. The van der Waals surface area contributed by atoms with Crippen LogP contribution in [0.25, 0.3) is 11.0 Å². The molecule has 1 aromatic heterocycles. The Morgan fingerprint density at radius 2 is 1.90 bits per heavy atom. The fourth-order valence-corrected chi connectivity index (χ4v) is 4.16. The lowest BCUT2D eigenvalue weighted by atomic mass is 10.1. The van der Waals surface area contributed by atoms with Crippen LogP contribution in [0, 0.1) is 13.8 Å².